The molecule has 0 aliphatic rings. The number of aliphatic hydroxyl groups excluding tert-OH is 1. The monoisotopic (exact) mass is 550 g/mol. The van der Waals surface area contributed by atoms with Gasteiger partial charge in [0.15, 0.2) is 11.6 Å². The fourth-order valence-corrected chi connectivity index (χ4v) is 3.98. The predicted octanol–water partition coefficient (Wildman–Crippen LogP) is 3.46. The molecule has 0 unspecified atom stereocenters. The SMILES string of the molecule is N#CCCN(CCO)CCCOc1ccc2c(Nc3cnn(CC(=O)Nc4cccc(F)c4F)c3)ncnc2c1. The van der Waals surface area contributed by atoms with Crippen LogP contribution in [-0.4, -0.2) is 68.5 Å². The van der Waals surface area contributed by atoms with Crippen molar-refractivity contribution in [2.45, 2.75) is 19.4 Å². The van der Waals surface area contributed by atoms with Crippen molar-refractivity contribution in [3.8, 4) is 11.8 Å². The molecule has 4 aromatic rings. The molecule has 13 heteroatoms. The topological polar surface area (TPSA) is 141 Å². The molecule has 0 aliphatic carbocycles. The van der Waals surface area contributed by atoms with Crippen LogP contribution in [0, 0.1) is 23.0 Å². The fourth-order valence-electron chi connectivity index (χ4n) is 3.98. The summed E-state index contributed by atoms with van der Waals surface area (Å²) in [5.74, 6) is -1.56. The first-order valence-corrected chi connectivity index (χ1v) is 12.6. The van der Waals surface area contributed by atoms with E-state index in [4.69, 9.17) is 10.00 Å². The third kappa shape index (κ3) is 7.68. The Balaban J connectivity index is 1.33. The Morgan fingerprint density at radius 1 is 1.18 bits per heavy atom. The standard InChI is InChI=1S/C27H28F2N8O3/c28-22-4-1-5-23(26(22)29)35-25(39)17-37-16-19(15-33-37)34-27-21-7-6-20(14-24(21)31-18-32-27)40-13-3-10-36(11-12-38)9-2-8-30/h1,4-7,14-16,18,38H,2-3,9-13,17H2,(H,35,39)(H,31,32,34). The summed E-state index contributed by atoms with van der Waals surface area (Å²) in [5, 5.41) is 28.3. The van der Waals surface area contributed by atoms with Gasteiger partial charge in [-0.2, -0.15) is 10.4 Å². The normalized spacial score (nSPS) is 11.0. The Hall–Kier alpha value is -4.67. The molecule has 11 nitrogen and oxygen atoms in total. The van der Waals surface area contributed by atoms with E-state index in [-0.39, 0.29) is 18.8 Å². The van der Waals surface area contributed by atoms with Crippen molar-refractivity contribution in [1.29, 1.82) is 5.26 Å². The van der Waals surface area contributed by atoms with Crippen LogP contribution in [0.1, 0.15) is 12.8 Å². The third-order valence-electron chi connectivity index (χ3n) is 5.88. The molecule has 0 fully saturated rings. The van der Waals surface area contributed by atoms with Crippen LogP contribution in [-0.2, 0) is 11.3 Å². The van der Waals surface area contributed by atoms with Crippen LogP contribution < -0.4 is 15.4 Å². The lowest BCUT2D eigenvalue weighted by Crippen LogP contribution is -2.29. The molecule has 0 radical (unpaired) electrons. The summed E-state index contributed by atoms with van der Waals surface area (Å²) in [4.78, 5) is 22.9. The zero-order valence-electron chi connectivity index (χ0n) is 21.6. The predicted molar refractivity (Wildman–Crippen MR) is 144 cm³/mol. The number of rotatable bonds is 14. The quantitative estimate of drug-likeness (QED) is 0.201. The molecule has 2 aromatic heterocycles. The lowest BCUT2D eigenvalue weighted by atomic mass is 10.2. The molecular weight excluding hydrogens is 522 g/mol. The Morgan fingerprint density at radius 3 is 2.88 bits per heavy atom. The number of hydrogen-bond donors (Lipinski definition) is 3. The van der Waals surface area contributed by atoms with Crippen molar-refractivity contribution in [3.63, 3.8) is 0 Å². The number of anilines is 3. The number of aromatic nitrogens is 4. The molecule has 0 saturated heterocycles. The Kier molecular flexibility index (Phi) is 9.87. The minimum Gasteiger partial charge on any atom is -0.493 e. The maximum absolute atomic E-state index is 13.8. The van der Waals surface area contributed by atoms with Crippen molar-refractivity contribution in [1.82, 2.24) is 24.6 Å². The molecule has 0 spiro atoms. The molecule has 3 N–H and O–H groups in total. The molecule has 2 heterocycles. The van der Waals surface area contributed by atoms with Crippen molar-refractivity contribution < 1.29 is 23.4 Å². The van der Waals surface area contributed by atoms with Gasteiger partial charge in [0.2, 0.25) is 5.91 Å². The summed E-state index contributed by atoms with van der Waals surface area (Å²) >= 11 is 0. The first kappa shape index (κ1) is 28.3. The molecule has 40 heavy (non-hydrogen) atoms. The lowest BCUT2D eigenvalue weighted by Gasteiger charge is -2.19. The molecule has 2 aromatic carbocycles. The number of carbonyl (C=O) groups is 1. The van der Waals surface area contributed by atoms with Gasteiger partial charge in [-0.3, -0.25) is 14.4 Å². The van der Waals surface area contributed by atoms with Crippen LogP contribution >= 0.6 is 0 Å². The molecule has 4 rings (SSSR count). The summed E-state index contributed by atoms with van der Waals surface area (Å²) in [7, 11) is 0. The summed E-state index contributed by atoms with van der Waals surface area (Å²) in [6.45, 7) is 2.14. The number of fused-ring (bicyclic) bond motifs is 1. The minimum atomic E-state index is -1.13. The number of nitriles is 1. The number of nitrogens with zero attached hydrogens (tertiary/aromatic N) is 6. The van der Waals surface area contributed by atoms with E-state index in [2.05, 4.69) is 31.8 Å². The highest BCUT2D eigenvalue weighted by Crippen LogP contribution is 2.26. The van der Waals surface area contributed by atoms with Crippen molar-refractivity contribution in [3.05, 3.63) is 66.8 Å². The van der Waals surface area contributed by atoms with Gasteiger partial charge in [-0.15, -0.1) is 0 Å². The number of benzene rings is 2. The highest BCUT2D eigenvalue weighted by molar-refractivity contribution is 5.92. The highest BCUT2D eigenvalue weighted by Gasteiger charge is 2.13. The first-order chi connectivity index (χ1) is 19.5. The summed E-state index contributed by atoms with van der Waals surface area (Å²) in [6.07, 6.45) is 5.67. The number of amides is 1. The van der Waals surface area contributed by atoms with Crippen molar-refractivity contribution in [2.75, 3.05) is 43.5 Å². The van der Waals surface area contributed by atoms with Crippen LogP contribution in [0.3, 0.4) is 0 Å². The van der Waals surface area contributed by atoms with E-state index in [0.29, 0.717) is 55.4 Å². The lowest BCUT2D eigenvalue weighted by molar-refractivity contribution is -0.116. The van der Waals surface area contributed by atoms with Crippen molar-refractivity contribution >= 4 is 34.0 Å². The zero-order valence-corrected chi connectivity index (χ0v) is 21.6. The number of halogens is 2. The minimum absolute atomic E-state index is 0.0426. The maximum atomic E-state index is 13.8. The van der Waals surface area contributed by atoms with Gasteiger partial charge in [-0.1, -0.05) is 6.07 Å². The van der Waals surface area contributed by atoms with Gasteiger partial charge in [0.05, 0.1) is 42.4 Å². The van der Waals surface area contributed by atoms with Gasteiger partial charge >= 0.3 is 0 Å². The molecule has 0 aliphatic heterocycles. The van der Waals surface area contributed by atoms with Crippen LogP contribution in [0.2, 0.25) is 0 Å². The largest absolute Gasteiger partial charge is 0.493 e. The molecule has 0 bridgehead atoms. The van der Waals surface area contributed by atoms with Gasteiger partial charge in [-0.05, 0) is 30.7 Å². The Morgan fingerprint density at radius 2 is 2.05 bits per heavy atom. The average Bonchev–Trinajstić information content (AvgIpc) is 3.38. The van der Waals surface area contributed by atoms with E-state index >= 15 is 0 Å². The second-order valence-electron chi connectivity index (χ2n) is 8.78. The van der Waals surface area contributed by atoms with Crippen LogP contribution in [0.5, 0.6) is 5.75 Å². The summed E-state index contributed by atoms with van der Waals surface area (Å²) < 4.78 is 34.4. The Bertz CT molecular complexity index is 1490. The maximum Gasteiger partial charge on any atom is 0.246 e. The number of aliphatic hydroxyl groups is 1. The second kappa shape index (κ2) is 13.9. The van der Waals surface area contributed by atoms with Gasteiger partial charge in [0.25, 0.3) is 0 Å². The van der Waals surface area contributed by atoms with E-state index < -0.39 is 17.5 Å². The zero-order chi connectivity index (χ0) is 28.3. The molecule has 208 valence electrons. The van der Waals surface area contributed by atoms with E-state index in [1.165, 1.54) is 29.3 Å². The van der Waals surface area contributed by atoms with Gasteiger partial charge in [0.1, 0.15) is 24.4 Å². The van der Waals surface area contributed by atoms with Crippen LogP contribution in [0.15, 0.2) is 55.1 Å². The van der Waals surface area contributed by atoms with Gasteiger partial charge < -0.3 is 20.5 Å². The average molecular weight is 551 g/mol. The van der Waals surface area contributed by atoms with E-state index in [9.17, 15) is 18.7 Å². The molecule has 0 atom stereocenters. The molecular formula is C27H28F2N8O3. The van der Waals surface area contributed by atoms with Gasteiger partial charge in [-0.25, -0.2) is 18.7 Å². The molecule has 1 amide bonds. The Labute approximate surface area is 229 Å². The second-order valence-corrected chi connectivity index (χ2v) is 8.78. The molecule has 0 saturated carbocycles. The number of hydrogen-bond acceptors (Lipinski definition) is 9. The first-order valence-electron chi connectivity index (χ1n) is 12.6. The van der Waals surface area contributed by atoms with E-state index in [1.54, 1.807) is 6.20 Å². The van der Waals surface area contributed by atoms with Crippen LogP contribution in [0.4, 0.5) is 26.0 Å². The number of ether oxygens (including phenoxy) is 1. The number of nitrogens with one attached hydrogen (secondary N) is 2. The van der Waals surface area contributed by atoms with Crippen molar-refractivity contribution in [2.24, 2.45) is 0 Å². The highest BCUT2D eigenvalue weighted by atomic mass is 19.2. The fraction of sp³-hybridized carbons (Fsp3) is 0.296. The smallest absolute Gasteiger partial charge is 0.246 e. The summed E-state index contributed by atoms with van der Waals surface area (Å²) in [6, 6.07) is 11.1. The van der Waals surface area contributed by atoms with E-state index in [1.807, 2.05) is 23.1 Å². The van der Waals surface area contributed by atoms with Crippen LogP contribution in [0.25, 0.3) is 10.9 Å². The van der Waals surface area contributed by atoms with E-state index in [0.717, 1.165) is 17.9 Å². The van der Waals surface area contributed by atoms with Gasteiger partial charge in [0, 0.05) is 43.7 Å². The third-order valence-corrected chi connectivity index (χ3v) is 5.88. The summed E-state index contributed by atoms with van der Waals surface area (Å²) in [5.41, 5.74) is 0.981. The number of carbonyl (C=O) groups excluding carboxylic acids is 1.